The highest BCUT2D eigenvalue weighted by Crippen LogP contribution is 2.04. The first-order valence-electron chi connectivity index (χ1n) is 6.08. The molecule has 0 saturated carbocycles. The lowest BCUT2D eigenvalue weighted by Crippen LogP contribution is -2.24. The number of benzene rings is 1. The van der Waals surface area contributed by atoms with Gasteiger partial charge < -0.3 is 4.84 Å². The second kappa shape index (κ2) is 8.58. The van der Waals surface area contributed by atoms with Gasteiger partial charge in [0.25, 0.3) is 0 Å². The molecule has 94 valence electrons. The summed E-state index contributed by atoms with van der Waals surface area (Å²) in [5.41, 5.74) is 3.38. The molecular weight excluding hydrogens is 216 g/mol. The monoisotopic (exact) mass is 236 g/mol. The molecule has 0 heterocycles. The summed E-state index contributed by atoms with van der Waals surface area (Å²) in [4.78, 5) is 16.1. The van der Waals surface area contributed by atoms with Crippen LogP contribution < -0.4 is 10.8 Å². The Labute approximate surface area is 102 Å². The van der Waals surface area contributed by atoms with Crippen LogP contribution in [0.4, 0.5) is 10.5 Å². The number of hydroxylamine groups is 1. The molecule has 0 aromatic heterocycles. The van der Waals surface area contributed by atoms with Gasteiger partial charge in [-0.3, -0.25) is 5.32 Å². The normalized spacial score (nSPS) is 9.94. The minimum atomic E-state index is -0.480. The third kappa shape index (κ3) is 6.58. The Kier molecular flexibility index (Phi) is 6.82. The van der Waals surface area contributed by atoms with Gasteiger partial charge in [-0.2, -0.15) is 5.48 Å². The number of amides is 1. The Morgan fingerprint density at radius 3 is 2.65 bits per heavy atom. The van der Waals surface area contributed by atoms with Gasteiger partial charge in [-0.05, 0) is 18.6 Å². The fourth-order valence-electron chi connectivity index (χ4n) is 1.41. The summed E-state index contributed by atoms with van der Waals surface area (Å²) in [5.74, 6) is 0. The Hall–Kier alpha value is -1.55. The van der Waals surface area contributed by atoms with Crippen molar-refractivity contribution in [1.29, 1.82) is 0 Å². The van der Waals surface area contributed by atoms with Crippen molar-refractivity contribution in [2.24, 2.45) is 0 Å². The van der Waals surface area contributed by atoms with Crippen LogP contribution in [-0.2, 0) is 4.84 Å². The Morgan fingerprint density at radius 1 is 1.18 bits per heavy atom. The highest BCUT2D eigenvalue weighted by Gasteiger charge is 2.01. The lowest BCUT2D eigenvalue weighted by Gasteiger charge is -2.07. The zero-order chi connectivity index (χ0) is 12.3. The second-order valence-corrected chi connectivity index (χ2v) is 3.84. The van der Waals surface area contributed by atoms with Crippen LogP contribution in [0.5, 0.6) is 0 Å². The fraction of sp³-hybridized carbons (Fsp3) is 0.462. The molecule has 1 rings (SSSR count). The first-order valence-corrected chi connectivity index (χ1v) is 6.08. The van der Waals surface area contributed by atoms with Gasteiger partial charge in [-0.15, -0.1) is 0 Å². The van der Waals surface area contributed by atoms with E-state index in [-0.39, 0.29) is 0 Å². The first-order chi connectivity index (χ1) is 8.33. The van der Waals surface area contributed by atoms with Crippen LogP contribution >= 0.6 is 0 Å². The van der Waals surface area contributed by atoms with Gasteiger partial charge in [-0.1, -0.05) is 44.4 Å². The van der Waals surface area contributed by atoms with E-state index < -0.39 is 6.09 Å². The van der Waals surface area contributed by atoms with E-state index in [4.69, 9.17) is 4.84 Å². The number of carbonyl (C=O) groups is 1. The maximum Gasteiger partial charge on any atom is 0.430 e. The molecule has 4 heteroatoms. The lowest BCUT2D eigenvalue weighted by molar-refractivity contribution is 0.102. The molecule has 4 nitrogen and oxygen atoms in total. The number of carbonyl (C=O) groups excluding carboxylic acids is 1. The van der Waals surface area contributed by atoms with Gasteiger partial charge >= 0.3 is 6.09 Å². The quantitative estimate of drug-likeness (QED) is 0.564. The van der Waals surface area contributed by atoms with Gasteiger partial charge in [0.1, 0.15) is 0 Å². The van der Waals surface area contributed by atoms with E-state index in [9.17, 15) is 4.79 Å². The van der Waals surface area contributed by atoms with E-state index in [0.29, 0.717) is 6.54 Å². The molecule has 0 radical (unpaired) electrons. The molecule has 1 aromatic rings. The molecule has 1 amide bonds. The maximum absolute atomic E-state index is 11.3. The van der Waals surface area contributed by atoms with Gasteiger partial charge in [0.15, 0.2) is 0 Å². The average Bonchev–Trinajstić information content (AvgIpc) is 2.35. The van der Waals surface area contributed by atoms with Crippen LogP contribution in [0.1, 0.15) is 32.6 Å². The van der Waals surface area contributed by atoms with Crippen molar-refractivity contribution in [2.75, 3.05) is 11.9 Å². The van der Waals surface area contributed by atoms with Crippen LogP contribution in [0.3, 0.4) is 0 Å². The summed E-state index contributed by atoms with van der Waals surface area (Å²) < 4.78 is 0. The Bertz CT molecular complexity index is 314. The summed E-state index contributed by atoms with van der Waals surface area (Å²) >= 11 is 0. The molecule has 0 spiro atoms. The molecule has 1 aromatic carbocycles. The summed E-state index contributed by atoms with van der Waals surface area (Å²) in [5, 5.41) is 2.62. The number of hydrogen-bond acceptors (Lipinski definition) is 3. The number of rotatable bonds is 7. The first kappa shape index (κ1) is 13.5. The van der Waals surface area contributed by atoms with E-state index in [0.717, 1.165) is 18.5 Å². The third-order valence-electron chi connectivity index (χ3n) is 2.32. The predicted molar refractivity (Wildman–Crippen MR) is 68.7 cm³/mol. The van der Waals surface area contributed by atoms with E-state index in [2.05, 4.69) is 17.7 Å². The second-order valence-electron chi connectivity index (χ2n) is 3.84. The molecule has 0 bridgehead atoms. The smallest absolute Gasteiger partial charge is 0.354 e. The predicted octanol–water partition coefficient (Wildman–Crippen LogP) is 3.32. The number of para-hydroxylation sites is 1. The lowest BCUT2D eigenvalue weighted by atomic mass is 10.2. The third-order valence-corrected chi connectivity index (χ3v) is 2.32. The zero-order valence-corrected chi connectivity index (χ0v) is 10.2. The molecule has 0 aliphatic rings. The van der Waals surface area contributed by atoms with Crippen molar-refractivity contribution in [3.8, 4) is 0 Å². The van der Waals surface area contributed by atoms with Crippen molar-refractivity contribution in [3.63, 3.8) is 0 Å². The molecular formula is C13H20N2O2. The van der Waals surface area contributed by atoms with Gasteiger partial charge in [0.05, 0.1) is 0 Å². The molecule has 0 unspecified atom stereocenters. The SMILES string of the molecule is CCCCCCNOC(=O)Nc1ccccc1. The van der Waals surface area contributed by atoms with E-state index in [1.54, 1.807) is 0 Å². The molecule has 0 atom stereocenters. The molecule has 0 fully saturated rings. The average molecular weight is 236 g/mol. The van der Waals surface area contributed by atoms with Crippen molar-refractivity contribution in [2.45, 2.75) is 32.6 Å². The van der Waals surface area contributed by atoms with E-state index in [1.807, 2.05) is 30.3 Å². The molecule has 0 saturated heterocycles. The van der Waals surface area contributed by atoms with Crippen LogP contribution in [0.15, 0.2) is 30.3 Å². The fourth-order valence-corrected chi connectivity index (χ4v) is 1.41. The van der Waals surface area contributed by atoms with Gasteiger partial charge in [0.2, 0.25) is 0 Å². The van der Waals surface area contributed by atoms with Crippen molar-refractivity contribution >= 4 is 11.8 Å². The van der Waals surface area contributed by atoms with Gasteiger partial charge in [0, 0.05) is 12.2 Å². The zero-order valence-electron chi connectivity index (χ0n) is 10.2. The summed E-state index contributed by atoms with van der Waals surface area (Å²) in [7, 11) is 0. The summed E-state index contributed by atoms with van der Waals surface area (Å²) in [6, 6.07) is 9.22. The molecule has 0 aliphatic heterocycles. The van der Waals surface area contributed by atoms with Crippen molar-refractivity contribution in [3.05, 3.63) is 30.3 Å². The van der Waals surface area contributed by atoms with Crippen molar-refractivity contribution < 1.29 is 9.63 Å². The molecule has 2 N–H and O–H groups in total. The van der Waals surface area contributed by atoms with Crippen LogP contribution in [0, 0.1) is 0 Å². The van der Waals surface area contributed by atoms with E-state index in [1.165, 1.54) is 12.8 Å². The number of hydrogen-bond donors (Lipinski definition) is 2. The minimum Gasteiger partial charge on any atom is -0.354 e. The minimum absolute atomic E-state index is 0.480. The topological polar surface area (TPSA) is 50.4 Å². The maximum atomic E-state index is 11.3. The summed E-state index contributed by atoms with van der Waals surface area (Å²) in [6.07, 6.45) is 4.12. The van der Waals surface area contributed by atoms with E-state index >= 15 is 0 Å². The number of unbranched alkanes of at least 4 members (excludes halogenated alkanes) is 3. The van der Waals surface area contributed by atoms with Crippen LogP contribution in [0.2, 0.25) is 0 Å². The highest BCUT2D eigenvalue weighted by molar-refractivity contribution is 5.84. The van der Waals surface area contributed by atoms with Crippen LogP contribution in [0.25, 0.3) is 0 Å². The Morgan fingerprint density at radius 2 is 1.94 bits per heavy atom. The highest BCUT2D eigenvalue weighted by atomic mass is 16.7. The largest absolute Gasteiger partial charge is 0.430 e. The Balaban J connectivity index is 2.06. The van der Waals surface area contributed by atoms with Crippen LogP contribution in [-0.4, -0.2) is 12.6 Å². The van der Waals surface area contributed by atoms with Crippen molar-refractivity contribution in [1.82, 2.24) is 5.48 Å². The molecule has 0 aliphatic carbocycles. The van der Waals surface area contributed by atoms with Gasteiger partial charge in [-0.25, -0.2) is 4.79 Å². The number of nitrogens with one attached hydrogen (secondary N) is 2. The standard InChI is InChI=1S/C13H20N2O2/c1-2-3-4-8-11-14-17-13(16)15-12-9-6-5-7-10-12/h5-7,9-10,14H,2-4,8,11H2,1H3,(H,15,16). The molecule has 17 heavy (non-hydrogen) atoms. The summed E-state index contributed by atoms with van der Waals surface area (Å²) in [6.45, 7) is 2.86. The number of anilines is 1.